The highest BCUT2D eigenvalue weighted by atomic mass is 16.3. The molecule has 0 saturated heterocycles. The van der Waals surface area contributed by atoms with Crippen LogP contribution in [0.4, 0.5) is 0 Å². The smallest absolute Gasteiger partial charge is 0.135 e. The lowest BCUT2D eigenvalue weighted by Gasteiger charge is -2.18. The van der Waals surface area contributed by atoms with Gasteiger partial charge < -0.3 is 14.8 Å². The average molecular weight is 274 g/mol. The summed E-state index contributed by atoms with van der Waals surface area (Å²) in [5.41, 5.74) is 3.45. The van der Waals surface area contributed by atoms with Crippen LogP contribution in [-0.2, 0) is 19.4 Å². The highest BCUT2D eigenvalue weighted by Crippen LogP contribution is 2.37. The van der Waals surface area contributed by atoms with E-state index in [0.29, 0.717) is 5.75 Å². The SMILES string of the molecule is CC(C)(C)[NH2+]Cc1c(O)ccc2oc3c(c12)CCCC3. The van der Waals surface area contributed by atoms with Gasteiger partial charge in [-0.2, -0.15) is 0 Å². The number of aryl methyl sites for hydroxylation is 2. The number of quaternary nitrogens is 1. The Balaban J connectivity index is 2.09. The quantitative estimate of drug-likeness (QED) is 0.884. The molecular formula is C17H24NO2+. The number of phenolic OH excluding ortho intramolecular Hbond substituents is 1. The summed E-state index contributed by atoms with van der Waals surface area (Å²) in [4.78, 5) is 0. The van der Waals surface area contributed by atoms with Crippen molar-refractivity contribution in [2.75, 3.05) is 0 Å². The number of rotatable bonds is 2. The highest BCUT2D eigenvalue weighted by molar-refractivity contribution is 5.88. The molecule has 0 fully saturated rings. The Bertz CT molecular complexity index is 634. The lowest BCUT2D eigenvalue weighted by molar-refractivity contribution is -0.731. The van der Waals surface area contributed by atoms with Gasteiger partial charge >= 0.3 is 0 Å². The van der Waals surface area contributed by atoms with Crippen LogP contribution in [0.3, 0.4) is 0 Å². The van der Waals surface area contributed by atoms with E-state index in [-0.39, 0.29) is 5.54 Å². The molecule has 0 unspecified atom stereocenters. The first-order chi connectivity index (χ1) is 9.46. The van der Waals surface area contributed by atoms with Gasteiger partial charge in [-0.15, -0.1) is 0 Å². The maximum absolute atomic E-state index is 10.3. The van der Waals surface area contributed by atoms with Crippen LogP contribution in [0.25, 0.3) is 11.0 Å². The summed E-state index contributed by atoms with van der Waals surface area (Å²) in [6.07, 6.45) is 4.55. The van der Waals surface area contributed by atoms with Crippen LogP contribution in [0.15, 0.2) is 16.5 Å². The summed E-state index contributed by atoms with van der Waals surface area (Å²) in [6.45, 7) is 7.36. The Morgan fingerprint density at radius 1 is 1.20 bits per heavy atom. The van der Waals surface area contributed by atoms with Crippen molar-refractivity contribution in [1.29, 1.82) is 0 Å². The Morgan fingerprint density at radius 3 is 2.70 bits per heavy atom. The van der Waals surface area contributed by atoms with Gasteiger partial charge in [-0.25, -0.2) is 0 Å². The van der Waals surface area contributed by atoms with Gasteiger partial charge in [0, 0.05) is 17.4 Å². The van der Waals surface area contributed by atoms with Gasteiger partial charge in [0.2, 0.25) is 0 Å². The first kappa shape index (κ1) is 13.5. The monoisotopic (exact) mass is 274 g/mol. The van der Waals surface area contributed by atoms with Crippen LogP contribution in [0.5, 0.6) is 5.75 Å². The molecule has 0 atom stereocenters. The van der Waals surface area contributed by atoms with Crippen molar-refractivity contribution in [3.05, 3.63) is 29.0 Å². The molecule has 2 aromatic rings. The van der Waals surface area contributed by atoms with E-state index >= 15 is 0 Å². The molecule has 0 spiro atoms. The molecule has 20 heavy (non-hydrogen) atoms. The maximum Gasteiger partial charge on any atom is 0.135 e. The maximum atomic E-state index is 10.3. The third kappa shape index (κ3) is 2.42. The molecule has 3 rings (SSSR count). The second-order valence-electron chi connectivity index (χ2n) is 6.92. The number of fused-ring (bicyclic) bond motifs is 3. The van der Waals surface area contributed by atoms with Crippen LogP contribution in [0, 0.1) is 0 Å². The van der Waals surface area contributed by atoms with Crippen molar-refractivity contribution in [2.24, 2.45) is 0 Å². The van der Waals surface area contributed by atoms with E-state index in [1.807, 2.05) is 6.07 Å². The summed E-state index contributed by atoms with van der Waals surface area (Å²) in [5, 5.41) is 13.7. The minimum Gasteiger partial charge on any atom is -0.507 e. The fraction of sp³-hybridized carbons (Fsp3) is 0.529. The third-order valence-electron chi connectivity index (χ3n) is 4.12. The standard InChI is InChI=1S/C17H23NO2/c1-17(2,3)18-10-12-13(19)8-9-15-16(12)11-6-4-5-7-14(11)20-15/h8-9,18-19H,4-7,10H2,1-3H3/p+1. The van der Waals surface area contributed by atoms with E-state index in [1.165, 1.54) is 23.8 Å². The molecule has 1 aliphatic carbocycles. The van der Waals surface area contributed by atoms with Crippen molar-refractivity contribution in [3.63, 3.8) is 0 Å². The number of furan rings is 1. The molecule has 3 heteroatoms. The van der Waals surface area contributed by atoms with Crippen molar-refractivity contribution < 1.29 is 14.8 Å². The topological polar surface area (TPSA) is 50.0 Å². The van der Waals surface area contributed by atoms with Crippen LogP contribution < -0.4 is 5.32 Å². The van der Waals surface area contributed by atoms with E-state index in [4.69, 9.17) is 4.42 Å². The summed E-state index contributed by atoms with van der Waals surface area (Å²) in [6, 6.07) is 3.67. The van der Waals surface area contributed by atoms with Gasteiger partial charge in [0.1, 0.15) is 23.6 Å². The Kier molecular flexibility index (Phi) is 3.25. The zero-order valence-electron chi connectivity index (χ0n) is 12.6. The number of phenols is 1. The molecular weight excluding hydrogens is 250 g/mol. The van der Waals surface area contributed by atoms with E-state index in [2.05, 4.69) is 26.1 Å². The largest absolute Gasteiger partial charge is 0.507 e. The Labute approximate surface area is 120 Å². The van der Waals surface area contributed by atoms with E-state index in [0.717, 1.165) is 36.3 Å². The van der Waals surface area contributed by atoms with Gasteiger partial charge in [-0.3, -0.25) is 0 Å². The lowest BCUT2D eigenvalue weighted by atomic mass is 9.93. The zero-order valence-corrected chi connectivity index (χ0v) is 12.6. The van der Waals surface area contributed by atoms with Crippen LogP contribution in [-0.4, -0.2) is 10.6 Å². The molecule has 1 heterocycles. The van der Waals surface area contributed by atoms with Gasteiger partial charge in [-0.05, 0) is 52.2 Å². The second-order valence-corrected chi connectivity index (χ2v) is 6.92. The molecule has 0 aliphatic heterocycles. The van der Waals surface area contributed by atoms with Crippen molar-refractivity contribution >= 4 is 11.0 Å². The average Bonchev–Trinajstić information content (AvgIpc) is 2.75. The first-order valence-electron chi connectivity index (χ1n) is 7.55. The molecule has 0 saturated carbocycles. The zero-order chi connectivity index (χ0) is 14.3. The van der Waals surface area contributed by atoms with E-state index in [1.54, 1.807) is 6.07 Å². The fourth-order valence-electron chi connectivity index (χ4n) is 3.03. The second kappa shape index (κ2) is 4.81. The summed E-state index contributed by atoms with van der Waals surface area (Å²) in [7, 11) is 0. The molecule has 0 radical (unpaired) electrons. The molecule has 3 nitrogen and oxygen atoms in total. The molecule has 0 amide bonds. The molecule has 1 aliphatic rings. The summed E-state index contributed by atoms with van der Waals surface area (Å²) < 4.78 is 5.99. The number of benzene rings is 1. The van der Waals surface area contributed by atoms with Crippen LogP contribution in [0.2, 0.25) is 0 Å². The summed E-state index contributed by atoms with van der Waals surface area (Å²) in [5.74, 6) is 1.53. The highest BCUT2D eigenvalue weighted by Gasteiger charge is 2.23. The third-order valence-corrected chi connectivity index (χ3v) is 4.12. The molecule has 1 aromatic heterocycles. The number of hydrogen-bond donors (Lipinski definition) is 2. The molecule has 0 bridgehead atoms. The van der Waals surface area contributed by atoms with Crippen molar-refractivity contribution in [3.8, 4) is 5.75 Å². The predicted molar refractivity (Wildman–Crippen MR) is 79.9 cm³/mol. The number of aromatic hydroxyl groups is 1. The molecule has 108 valence electrons. The lowest BCUT2D eigenvalue weighted by Crippen LogP contribution is -2.92. The summed E-state index contributed by atoms with van der Waals surface area (Å²) >= 11 is 0. The Morgan fingerprint density at radius 2 is 1.95 bits per heavy atom. The number of nitrogens with two attached hydrogens (primary N) is 1. The van der Waals surface area contributed by atoms with Crippen molar-refractivity contribution in [1.82, 2.24) is 0 Å². The minimum atomic E-state index is 0.151. The van der Waals surface area contributed by atoms with E-state index < -0.39 is 0 Å². The fourth-order valence-corrected chi connectivity index (χ4v) is 3.03. The van der Waals surface area contributed by atoms with Crippen LogP contribution in [0.1, 0.15) is 50.5 Å². The first-order valence-corrected chi connectivity index (χ1v) is 7.55. The van der Waals surface area contributed by atoms with Gasteiger partial charge in [0.15, 0.2) is 0 Å². The van der Waals surface area contributed by atoms with Crippen molar-refractivity contribution in [2.45, 2.75) is 58.5 Å². The Hall–Kier alpha value is -1.48. The van der Waals surface area contributed by atoms with Gasteiger partial charge in [0.05, 0.1) is 11.1 Å². The molecule has 1 aromatic carbocycles. The number of hydrogen-bond acceptors (Lipinski definition) is 2. The normalized spacial score (nSPS) is 15.6. The molecule has 3 N–H and O–H groups in total. The minimum absolute atomic E-state index is 0.151. The van der Waals surface area contributed by atoms with Crippen LogP contribution >= 0.6 is 0 Å². The van der Waals surface area contributed by atoms with Gasteiger partial charge in [-0.1, -0.05) is 0 Å². The predicted octanol–water partition coefficient (Wildman–Crippen LogP) is 2.88. The van der Waals surface area contributed by atoms with E-state index in [9.17, 15) is 5.11 Å². The van der Waals surface area contributed by atoms with Gasteiger partial charge in [0.25, 0.3) is 0 Å².